The molecule has 1 aliphatic heterocycles. The van der Waals surface area contributed by atoms with E-state index in [1.807, 2.05) is 23.1 Å². The van der Waals surface area contributed by atoms with Crippen LogP contribution in [0.3, 0.4) is 0 Å². The van der Waals surface area contributed by atoms with Gasteiger partial charge in [-0.25, -0.2) is 0 Å². The Balaban J connectivity index is 1.58. The van der Waals surface area contributed by atoms with Gasteiger partial charge in [-0.1, -0.05) is 13.0 Å². The number of ether oxygens (including phenoxy) is 2. The number of β-amino-alcohol motifs (C(OH)–C–C–N with tert-alkyl or cyclic N) is 1. The third kappa shape index (κ3) is 3.22. The smallest absolute Gasteiger partial charge is 0.223 e. The molecule has 2 aliphatic rings. The van der Waals surface area contributed by atoms with Crippen molar-refractivity contribution in [1.82, 2.24) is 4.90 Å². The van der Waals surface area contributed by atoms with Crippen molar-refractivity contribution in [3.8, 4) is 11.5 Å². The highest BCUT2D eigenvalue weighted by Crippen LogP contribution is 2.47. The minimum absolute atomic E-state index is 0.119. The number of carbonyl (C=O) groups excluding carboxylic acids is 1. The molecule has 5 heteroatoms. The van der Waals surface area contributed by atoms with Crippen molar-refractivity contribution in [3.05, 3.63) is 23.8 Å². The van der Waals surface area contributed by atoms with Gasteiger partial charge in [0.15, 0.2) is 11.5 Å². The first kappa shape index (κ1) is 17.1. The van der Waals surface area contributed by atoms with E-state index in [1.165, 1.54) is 0 Å². The molecule has 1 aromatic carbocycles. The number of benzene rings is 1. The van der Waals surface area contributed by atoms with Crippen LogP contribution in [0.4, 0.5) is 0 Å². The Morgan fingerprint density at radius 1 is 1.29 bits per heavy atom. The summed E-state index contributed by atoms with van der Waals surface area (Å²) in [6, 6.07) is 5.74. The van der Waals surface area contributed by atoms with Crippen LogP contribution in [0.1, 0.15) is 31.7 Å². The summed E-state index contributed by atoms with van der Waals surface area (Å²) in [5.74, 6) is 2.04. The monoisotopic (exact) mass is 333 g/mol. The second kappa shape index (κ2) is 6.63. The van der Waals surface area contributed by atoms with E-state index in [-0.39, 0.29) is 11.8 Å². The minimum Gasteiger partial charge on any atom is -0.493 e. The molecule has 1 saturated heterocycles. The van der Waals surface area contributed by atoms with Gasteiger partial charge in [0.25, 0.3) is 0 Å². The number of amides is 1. The SMILES string of the molecule is COc1ccc(CCC(=O)N2C[C@@H](C)[C@](O)(C3CC3)C2)cc1OC. The molecule has 2 fully saturated rings. The zero-order valence-corrected chi connectivity index (χ0v) is 14.7. The van der Waals surface area contributed by atoms with Crippen LogP contribution in [0, 0.1) is 11.8 Å². The fourth-order valence-corrected chi connectivity index (χ4v) is 3.76. The predicted molar refractivity (Wildman–Crippen MR) is 91.3 cm³/mol. The Morgan fingerprint density at radius 2 is 2.00 bits per heavy atom. The number of methoxy groups -OCH3 is 2. The lowest BCUT2D eigenvalue weighted by atomic mass is 9.88. The van der Waals surface area contributed by atoms with Crippen molar-refractivity contribution in [2.45, 2.75) is 38.2 Å². The molecule has 132 valence electrons. The highest BCUT2D eigenvalue weighted by Gasteiger charge is 2.53. The molecule has 1 aliphatic carbocycles. The largest absolute Gasteiger partial charge is 0.493 e. The standard InChI is InChI=1S/C19H27NO4/c1-13-11-20(12-19(13,22)15-6-7-15)18(21)9-5-14-4-8-16(23-2)17(10-14)24-3/h4,8,10,13,15,22H,5-7,9,11-12H2,1-3H3/t13-,19+/m1/s1. The molecule has 1 N–H and O–H groups in total. The molecule has 0 aromatic heterocycles. The molecule has 1 saturated carbocycles. The Morgan fingerprint density at radius 3 is 2.62 bits per heavy atom. The molecular weight excluding hydrogens is 306 g/mol. The molecule has 3 rings (SSSR count). The van der Waals surface area contributed by atoms with Crippen molar-refractivity contribution in [2.75, 3.05) is 27.3 Å². The van der Waals surface area contributed by atoms with Crippen LogP contribution in [0.5, 0.6) is 11.5 Å². The van der Waals surface area contributed by atoms with Crippen LogP contribution in [0.15, 0.2) is 18.2 Å². The van der Waals surface area contributed by atoms with Crippen LogP contribution in [-0.2, 0) is 11.2 Å². The van der Waals surface area contributed by atoms with E-state index in [4.69, 9.17) is 9.47 Å². The zero-order chi connectivity index (χ0) is 17.3. The van der Waals surface area contributed by atoms with E-state index in [9.17, 15) is 9.90 Å². The Bertz CT molecular complexity index is 613. The third-order valence-electron chi connectivity index (χ3n) is 5.50. The van der Waals surface area contributed by atoms with Crippen molar-refractivity contribution in [2.24, 2.45) is 11.8 Å². The van der Waals surface area contributed by atoms with Crippen LogP contribution in [0.25, 0.3) is 0 Å². The highest BCUT2D eigenvalue weighted by molar-refractivity contribution is 5.77. The maximum absolute atomic E-state index is 12.5. The number of rotatable bonds is 6. The molecule has 1 amide bonds. The number of likely N-dealkylation sites (tertiary alicyclic amines) is 1. The average Bonchev–Trinajstić information content (AvgIpc) is 3.39. The van der Waals surface area contributed by atoms with Gasteiger partial charge in [0, 0.05) is 25.4 Å². The van der Waals surface area contributed by atoms with Crippen LogP contribution < -0.4 is 9.47 Å². The first-order valence-electron chi connectivity index (χ1n) is 8.69. The number of aliphatic hydroxyl groups is 1. The maximum Gasteiger partial charge on any atom is 0.223 e. The summed E-state index contributed by atoms with van der Waals surface area (Å²) in [5, 5.41) is 10.8. The second-order valence-corrected chi connectivity index (χ2v) is 7.13. The van der Waals surface area contributed by atoms with Gasteiger partial charge in [-0.2, -0.15) is 0 Å². The van der Waals surface area contributed by atoms with Crippen LogP contribution >= 0.6 is 0 Å². The van der Waals surface area contributed by atoms with Gasteiger partial charge in [0.2, 0.25) is 5.91 Å². The van der Waals surface area contributed by atoms with Crippen molar-refractivity contribution in [1.29, 1.82) is 0 Å². The van der Waals surface area contributed by atoms with Gasteiger partial charge in [-0.15, -0.1) is 0 Å². The van der Waals surface area contributed by atoms with Crippen molar-refractivity contribution in [3.63, 3.8) is 0 Å². The van der Waals surface area contributed by atoms with Gasteiger partial charge >= 0.3 is 0 Å². The summed E-state index contributed by atoms with van der Waals surface area (Å²) < 4.78 is 10.5. The highest BCUT2D eigenvalue weighted by atomic mass is 16.5. The van der Waals surface area contributed by atoms with E-state index in [0.717, 1.165) is 18.4 Å². The zero-order valence-electron chi connectivity index (χ0n) is 14.7. The Labute approximate surface area is 143 Å². The van der Waals surface area contributed by atoms with E-state index in [1.54, 1.807) is 14.2 Å². The number of hydrogen-bond donors (Lipinski definition) is 1. The molecule has 1 heterocycles. The van der Waals surface area contributed by atoms with Gasteiger partial charge in [0.1, 0.15) is 0 Å². The number of nitrogens with zero attached hydrogens (tertiary/aromatic N) is 1. The lowest BCUT2D eigenvalue weighted by Crippen LogP contribution is -2.40. The second-order valence-electron chi connectivity index (χ2n) is 7.13. The lowest BCUT2D eigenvalue weighted by Gasteiger charge is -2.26. The summed E-state index contributed by atoms with van der Waals surface area (Å²) >= 11 is 0. The number of carbonyl (C=O) groups is 1. The molecule has 2 atom stereocenters. The number of hydrogen-bond acceptors (Lipinski definition) is 4. The van der Waals surface area contributed by atoms with E-state index in [2.05, 4.69) is 6.92 Å². The molecule has 0 unspecified atom stereocenters. The normalized spacial score (nSPS) is 26.5. The fourth-order valence-electron chi connectivity index (χ4n) is 3.76. The van der Waals surface area contributed by atoms with Crippen LogP contribution in [0.2, 0.25) is 0 Å². The molecular formula is C19H27NO4. The maximum atomic E-state index is 12.5. The summed E-state index contributed by atoms with van der Waals surface area (Å²) in [6.45, 7) is 3.21. The van der Waals surface area contributed by atoms with Gasteiger partial charge in [-0.05, 0) is 42.9 Å². The van der Waals surface area contributed by atoms with E-state index >= 15 is 0 Å². The molecule has 5 nitrogen and oxygen atoms in total. The van der Waals surface area contributed by atoms with Gasteiger partial charge in [-0.3, -0.25) is 4.79 Å². The molecule has 24 heavy (non-hydrogen) atoms. The minimum atomic E-state index is -0.668. The van der Waals surface area contributed by atoms with Gasteiger partial charge in [0.05, 0.1) is 19.8 Å². The first-order valence-corrected chi connectivity index (χ1v) is 8.69. The van der Waals surface area contributed by atoms with E-state index < -0.39 is 5.60 Å². The van der Waals surface area contributed by atoms with Crippen LogP contribution in [-0.4, -0.2) is 48.8 Å². The number of aryl methyl sites for hydroxylation is 1. The summed E-state index contributed by atoms with van der Waals surface area (Å²) in [6.07, 6.45) is 3.29. The summed E-state index contributed by atoms with van der Waals surface area (Å²) in [7, 11) is 3.22. The fraction of sp³-hybridized carbons (Fsp3) is 0.632. The first-order chi connectivity index (χ1) is 11.5. The lowest BCUT2D eigenvalue weighted by molar-refractivity contribution is -0.131. The summed E-state index contributed by atoms with van der Waals surface area (Å²) in [4.78, 5) is 14.4. The quantitative estimate of drug-likeness (QED) is 0.867. The van der Waals surface area contributed by atoms with Crippen molar-refractivity contribution >= 4 is 5.91 Å². The molecule has 0 spiro atoms. The Kier molecular flexibility index (Phi) is 4.72. The predicted octanol–water partition coefficient (Wildman–Crippen LogP) is 2.26. The van der Waals surface area contributed by atoms with Crippen molar-refractivity contribution < 1.29 is 19.4 Å². The topological polar surface area (TPSA) is 59.0 Å². The third-order valence-corrected chi connectivity index (χ3v) is 5.50. The van der Waals surface area contributed by atoms with E-state index in [0.29, 0.717) is 43.3 Å². The summed E-state index contributed by atoms with van der Waals surface area (Å²) in [5.41, 5.74) is 0.379. The van der Waals surface area contributed by atoms with Gasteiger partial charge < -0.3 is 19.5 Å². The molecule has 0 radical (unpaired) electrons. The molecule has 1 aromatic rings. The molecule has 0 bridgehead atoms. The average molecular weight is 333 g/mol. The Hall–Kier alpha value is -1.75.